The number of methoxy groups -OCH3 is 1. The molecular formula is C8H8F3N2O+. The molecule has 3 nitrogen and oxygen atoms in total. The molecule has 0 saturated heterocycles. The van der Waals surface area contributed by atoms with Gasteiger partial charge in [-0.2, -0.15) is 13.2 Å². The van der Waals surface area contributed by atoms with E-state index in [9.17, 15) is 13.2 Å². The van der Waals surface area contributed by atoms with Crippen LogP contribution in [-0.4, -0.2) is 13.8 Å². The molecule has 0 unspecified atom stereocenters. The second kappa shape index (κ2) is 6.71. The number of hydrogen-bond acceptors (Lipinski definition) is 2. The third-order valence-corrected chi connectivity index (χ3v) is 1.19. The molecule has 0 fully saturated rings. The molecule has 0 N–H and O–H groups in total. The lowest BCUT2D eigenvalue weighted by molar-refractivity contribution is 0.00819. The maximum absolute atomic E-state index is 9.67. The third-order valence-electron chi connectivity index (χ3n) is 1.19. The SMILES string of the molecule is COc1ccc([N+]#N)cc1.FC(F)F. The van der Waals surface area contributed by atoms with Gasteiger partial charge in [-0.3, -0.25) is 0 Å². The fourth-order valence-electron chi connectivity index (χ4n) is 0.649. The normalized spacial score (nSPS) is 8.57. The molecule has 1 aromatic carbocycles. The quantitative estimate of drug-likeness (QED) is 0.659. The van der Waals surface area contributed by atoms with Gasteiger partial charge in [-0.05, 0) is 12.1 Å². The second-order valence-electron chi connectivity index (χ2n) is 2.05. The van der Waals surface area contributed by atoms with Crippen LogP contribution in [0.15, 0.2) is 24.3 Å². The molecule has 0 spiro atoms. The average molecular weight is 205 g/mol. The van der Waals surface area contributed by atoms with Gasteiger partial charge in [0.2, 0.25) is 5.39 Å². The van der Waals surface area contributed by atoms with E-state index in [4.69, 9.17) is 10.1 Å². The lowest BCUT2D eigenvalue weighted by atomic mass is 10.3. The first kappa shape index (κ1) is 12.2. The van der Waals surface area contributed by atoms with Gasteiger partial charge < -0.3 is 4.74 Å². The minimum Gasteiger partial charge on any atom is -0.497 e. The van der Waals surface area contributed by atoms with Gasteiger partial charge in [-0.1, -0.05) is 0 Å². The van der Waals surface area contributed by atoms with Crippen molar-refractivity contribution in [2.24, 2.45) is 0 Å². The average Bonchev–Trinajstić information content (AvgIpc) is 2.17. The number of alkyl halides is 3. The summed E-state index contributed by atoms with van der Waals surface area (Å²) in [4.78, 5) is 2.99. The van der Waals surface area contributed by atoms with Gasteiger partial charge in [0.15, 0.2) is 4.98 Å². The van der Waals surface area contributed by atoms with Crippen molar-refractivity contribution in [3.05, 3.63) is 29.2 Å². The van der Waals surface area contributed by atoms with Crippen LogP contribution in [0.2, 0.25) is 0 Å². The first-order chi connectivity index (χ1) is 6.60. The van der Waals surface area contributed by atoms with Crippen LogP contribution in [-0.2, 0) is 0 Å². The highest BCUT2D eigenvalue weighted by molar-refractivity contribution is 5.46. The summed E-state index contributed by atoms with van der Waals surface area (Å²) in [5, 5.41) is 8.29. The van der Waals surface area contributed by atoms with E-state index in [2.05, 4.69) is 4.98 Å². The maximum atomic E-state index is 9.67. The molecule has 0 aromatic heterocycles. The highest BCUT2D eigenvalue weighted by atomic mass is 19.4. The van der Waals surface area contributed by atoms with Crippen LogP contribution in [0, 0.1) is 5.39 Å². The summed E-state index contributed by atoms with van der Waals surface area (Å²) in [7, 11) is 1.59. The summed E-state index contributed by atoms with van der Waals surface area (Å²) < 4.78 is 33.9. The molecule has 6 heteroatoms. The molecule has 0 bridgehead atoms. The Morgan fingerprint density at radius 3 is 1.93 bits per heavy atom. The molecular weight excluding hydrogens is 197 g/mol. The maximum Gasteiger partial charge on any atom is 0.385 e. The third kappa shape index (κ3) is 5.83. The van der Waals surface area contributed by atoms with Gasteiger partial charge in [-0.15, -0.1) is 0 Å². The van der Waals surface area contributed by atoms with Gasteiger partial charge in [0.05, 0.1) is 7.11 Å². The highest BCUT2D eigenvalue weighted by Crippen LogP contribution is 2.16. The molecule has 1 aromatic rings. The predicted molar refractivity (Wildman–Crippen MR) is 44.9 cm³/mol. The Bertz CT molecular complexity index is 292. The van der Waals surface area contributed by atoms with Crippen molar-refractivity contribution in [2.75, 3.05) is 7.11 Å². The number of hydrogen-bond donors (Lipinski definition) is 0. The van der Waals surface area contributed by atoms with Crippen LogP contribution in [0.4, 0.5) is 18.9 Å². The Morgan fingerprint density at radius 2 is 1.64 bits per heavy atom. The van der Waals surface area contributed by atoms with E-state index >= 15 is 0 Å². The number of nitrogens with zero attached hydrogens (tertiary/aromatic N) is 2. The van der Waals surface area contributed by atoms with E-state index in [0.717, 1.165) is 5.75 Å². The molecule has 1 rings (SSSR count). The van der Waals surface area contributed by atoms with Gasteiger partial charge >= 0.3 is 12.4 Å². The Labute approximate surface area is 78.7 Å². The Balaban J connectivity index is 0.000000364. The van der Waals surface area contributed by atoms with Crippen molar-refractivity contribution in [1.82, 2.24) is 0 Å². The van der Waals surface area contributed by atoms with Crippen LogP contribution >= 0.6 is 0 Å². The van der Waals surface area contributed by atoms with Crippen molar-refractivity contribution in [1.29, 1.82) is 5.39 Å². The molecule has 0 saturated carbocycles. The minimum atomic E-state index is -3.67. The molecule has 14 heavy (non-hydrogen) atoms. The van der Waals surface area contributed by atoms with Crippen molar-refractivity contribution in [3.8, 4) is 5.75 Å². The van der Waals surface area contributed by atoms with Crippen molar-refractivity contribution in [3.63, 3.8) is 0 Å². The molecule has 0 radical (unpaired) electrons. The molecule has 0 aliphatic rings. The summed E-state index contributed by atoms with van der Waals surface area (Å²) in [6, 6.07) is 6.79. The first-order valence-corrected chi connectivity index (χ1v) is 3.51. The fraction of sp³-hybridized carbons (Fsp3) is 0.250. The first-order valence-electron chi connectivity index (χ1n) is 3.51. The number of ether oxygens (including phenoxy) is 1. The van der Waals surface area contributed by atoms with Crippen molar-refractivity contribution < 1.29 is 17.9 Å². The summed E-state index contributed by atoms with van der Waals surface area (Å²) in [6.45, 7) is -3.67. The topological polar surface area (TPSA) is 37.4 Å². The van der Waals surface area contributed by atoms with Crippen LogP contribution < -0.4 is 4.74 Å². The minimum absolute atomic E-state index is 0.529. The van der Waals surface area contributed by atoms with Crippen LogP contribution in [0.1, 0.15) is 0 Å². The molecule has 0 amide bonds. The van der Waals surface area contributed by atoms with E-state index < -0.39 is 6.68 Å². The van der Waals surface area contributed by atoms with E-state index in [1.54, 1.807) is 31.4 Å². The van der Waals surface area contributed by atoms with E-state index in [0.29, 0.717) is 5.69 Å². The Morgan fingerprint density at radius 1 is 1.21 bits per heavy atom. The van der Waals surface area contributed by atoms with Crippen molar-refractivity contribution >= 4 is 5.69 Å². The standard InChI is InChI=1S/C7H7N2O.CHF3/c1-10-7-4-2-6(9-8)3-5-7;2-1(3)4/h2-5H,1H3;1H/q+1;. The van der Waals surface area contributed by atoms with E-state index in [-0.39, 0.29) is 0 Å². The number of diazo groups is 1. The number of benzene rings is 1. The summed E-state index contributed by atoms with van der Waals surface area (Å²) in [6.07, 6.45) is 0. The highest BCUT2D eigenvalue weighted by Gasteiger charge is 2.01. The van der Waals surface area contributed by atoms with Gasteiger partial charge in [0.25, 0.3) is 0 Å². The zero-order valence-electron chi connectivity index (χ0n) is 7.32. The van der Waals surface area contributed by atoms with Gasteiger partial charge in [-0.25, -0.2) is 0 Å². The summed E-state index contributed by atoms with van der Waals surface area (Å²) in [5.74, 6) is 0.757. The molecule has 0 heterocycles. The molecule has 76 valence electrons. The molecule has 0 aliphatic carbocycles. The zero-order valence-corrected chi connectivity index (χ0v) is 7.32. The Hall–Kier alpha value is -1.77. The van der Waals surface area contributed by atoms with Crippen molar-refractivity contribution in [2.45, 2.75) is 6.68 Å². The smallest absolute Gasteiger partial charge is 0.385 e. The monoisotopic (exact) mass is 205 g/mol. The van der Waals surface area contributed by atoms with Crippen LogP contribution in [0.5, 0.6) is 5.75 Å². The number of halogens is 3. The van der Waals surface area contributed by atoms with Crippen LogP contribution in [0.3, 0.4) is 0 Å². The fourth-order valence-corrected chi connectivity index (χ4v) is 0.649. The van der Waals surface area contributed by atoms with Crippen LogP contribution in [0.25, 0.3) is 4.98 Å². The molecule has 0 aliphatic heterocycles. The summed E-state index contributed by atoms with van der Waals surface area (Å²) in [5.41, 5.74) is 0.529. The Kier molecular flexibility index (Phi) is 5.87. The van der Waals surface area contributed by atoms with Gasteiger partial charge in [0, 0.05) is 12.1 Å². The predicted octanol–water partition coefficient (Wildman–Crippen LogP) is 3.36. The summed E-state index contributed by atoms with van der Waals surface area (Å²) >= 11 is 0. The number of rotatable bonds is 1. The van der Waals surface area contributed by atoms with Gasteiger partial charge in [0.1, 0.15) is 5.75 Å². The second-order valence-corrected chi connectivity index (χ2v) is 2.05. The molecule has 0 atom stereocenters. The largest absolute Gasteiger partial charge is 0.497 e. The van der Waals surface area contributed by atoms with E-state index in [1.807, 2.05) is 0 Å². The van der Waals surface area contributed by atoms with E-state index in [1.165, 1.54) is 0 Å². The zero-order chi connectivity index (χ0) is 11.0. The lowest BCUT2D eigenvalue weighted by Gasteiger charge is -1.93. The lowest BCUT2D eigenvalue weighted by Crippen LogP contribution is -1.79.